The molecule has 1 atom stereocenters. The number of nitrogens with zero attached hydrogens (tertiary/aromatic N) is 2. The van der Waals surface area contributed by atoms with Crippen LogP contribution in [0.15, 0.2) is 102 Å². The highest BCUT2D eigenvalue weighted by Crippen LogP contribution is 2.28. The minimum atomic E-state index is -1.06. The van der Waals surface area contributed by atoms with Crippen molar-refractivity contribution in [3.63, 3.8) is 0 Å². The minimum Gasteiger partial charge on any atom is -0.262 e. The van der Waals surface area contributed by atoms with Crippen LogP contribution < -0.4 is 0 Å². The molecule has 0 spiro atoms. The van der Waals surface area contributed by atoms with Gasteiger partial charge in [-0.25, -0.2) is 0 Å². The van der Waals surface area contributed by atoms with E-state index in [4.69, 9.17) is 0 Å². The Balaban J connectivity index is 2.03. The van der Waals surface area contributed by atoms with E-state index in [9.17, 15) is 5.26 Å². The molecule has 0 aliphatic rings. The van der Waals surface area contributed by atoms with Crippen LogP contribution in [0.4, 0.5) is 0 Å². The molecule has 0 heterocycles. The number of rotatable bonds is 5. The number of nitriles is 1. The Kier molecular flexibility index (Phi) is 5.19. The Morgan fingerprint density at radius 1 is 0.720 bits per heavy atom. The van der Waals surface area contributed by atoms with Gasteiger partial charge in [0.1, 0.15) is 6.07 Å². The van der Waals surface area contributed by atoms with Crippen LogP contribution >= 0.6 is 0 Å². The molecular weight excluding hydrogens is 304 g/mol. The first-order valence-corrected chi connectivity index (χ1v) is 8.14. The molecule has 2 heteroatoms. The molecule has 0 amide bonds. The van der Waals surface area contributed by atoms with Crippen molar-refractivity contribution >= 4 is 12.3 Å². The minimum absolute atomic E-state index is 0.844. The Morgan fingerprint density at radius 2 is 1.24 bits per heavy atom. The predicted molar refractivity (Wildman–Crippen MR) is 103 cm³/mol. The normalized spacial score (nSPS) is 13.6. The molecule has 0 radical (unpaired) electrons. The Bertz CT molecular complexity index is 840. The van der Waals surface area contributed by atoms with Gasteiger partial charge in [0.25, 0.3) is 0 Å². The lowest BCUT2D eigenvalue weighted by Gasteiger charge is -2.18. The highest BCUT2D eigenvalue weighted by atomic mass is 14.8. The molecule has 3 rings (SSSR count). The molecule has 0 bridgehead atoms. The third-order valence-electron chi connectivity index (χ3n) is 3.92. The molecule has 120 valence electrons. The van der Waals surface area contributed by atoms with Gasteiger partial charge >= 0.3 is 0 Å². The summed E-state index contributed by atoms with van der Waals surface area (Å²) in [5.41, 5.74) is 1.78. The van der Waals surface area contributed by atoms with E-state index in [-0.39, 0.29) is 0 Å². The average molecular weight is 322 g/mol. The second kappa shape index (κ2) is 7.90. The Hall–Kier alpha value is -3.44. The summed E-state index contributed by atoms with van der Waals surface area (Å²) in [6.45, 7) is 0. The van der Waals surface area contributed by atoms with E-state index < -0.39 is 5.54 Å². The summed E-state index contributed by atoms with van der Waals surface area (Å²) in [7, 11) is 0. The van der Waals surface area contributed by atoms with E-state index in [1.54, 1.807) is 6.21 Å². The summed E-state index contributed by atoms with van der Waals surface area (Å²) >= 11 is 0. The zero-order valence-electron chi connectivity index (χ0n) is 13.8. The van der Waals surface area contributed by atoms with Crippen LogP contribution in [0.25, 0.3) is 6.08 Å². The van der Waals surface area contributed by atoms with Gasteiger partial charge in [-0.15, -0.1) is 0 Å². The molecule has 0 fully saturated rings. The third kappa shape index (κ3) is 4.10. The molecule has 0 N–H and O–H groups in total. The summed E-state index contributed by atoms with van der Waals surface area (Å²) in [6.07, 6.45) is 5.56. The molecule has 3 aromatic rings. The van der Waals surface area contributed by atoms with Crippen molar-refractivity contribution in [1.29, 1.82) is 5.26 Å². The lowest BCUT2D eigenvalue weighted by atomic mass is 9.91. The molecule has 0 aliphatic carbocycles. The molecular formula is C23H18N2. The topological polar surface area (TPSA) is 36.1 Å². The smallest absolute Gasteiger partial charge is 0.190 e. The third-order valence-corrected chi connectivity index (χ3v) is 3.92. The summed E-state index contributed by atoms with van der Waals surface area (Å²) in [5, 5.41) is 9.97. The van der Waals surface area contributed by atoms with Crippen molar-refractivity contribution in [2.24, 2.45) is 4.99 Å². The van der Waals surface area contributed by atoms with Crippen LogP contribution in [0, 0.1) is 11.3 Å². The highest BCUT2D eigenvalue weighted by Gasteiger charge is 2.27. The fourth-order valence-electron chi connectivity index (χ4n) is 2.53. The molecule has 2 nitrogen and oxygen atoms in total. The van der Waals surface area contributed by atoms with Crippen molar-refractivity contribution in [2.45, 2.75) is 5.54 Å². The van der Waals surface area contributed by atoms with Gasteiger partial charge in [-0.3, -0.25) is 4.99 Å². The van der Waals surface area contributed by atoms with Crippen LogP contribution in [-0.4, -0.2) is 6.21 Å². The van der Waals surface area contributed by atoms with E-state index in [1.807, 2.05) is 103 Å². The first-order valence-electron chi connectivity index (χ1n) is 8.14. The van der Waals surface area contributed by atoms with E-state index in [2.05, 4.69) is 11.1 Å². The largest absolute Gasteiger partial charge is 0.262 e. The maximum Gasteiger partial charge on any atom is 0.190 e. The molecule has 1 unspecified atom stereocenters. The second-order valence-corrected chi connectivity index (χ2v) is 5.66. The quantitative estimate of drug-likeness (QED) is 0.592. The van der Waals surface area contributed by atoms with E-state index in [1.165, 1.54) is 0 Å². The van der Waals surface area contributed by atoms with E-state index in [0.29, 0.717) is 0 Å². The van der Waals surface area contributed by atoms with Crippen molar-refractivity contribution in [3.8, 4) is 6.07 Å². The van der Waals surface area contributed by atoms with Gasteiger partial charge in [0.05, 0.1) is 0 Å². The maximum atomic E-state index is 9.97. The van der Waals surface area contributed by atoms with Gasteiger partial charge in [-0.05, 0) is 22.8 Å². The molecule has 3 aromatic carbocycles. The highest BCUT2D eigenvalue weighted by molar-refractivity contribution is 5.80. The lowest BCUT2D eigenvalue weighted by molar-refractivity contribution is 0.740. The number of aliphatic imine (C=N–C) groups is 1. The average Bonchev–Trinajstić information content (AvgIpc) is 2.71. The standard InChI is InChI=1S/C23H18N2/c24-19-23(22-14-8-3-9-15-22,17-16-20-10-4-1-5-11-20)25-18-21-12-6-2-7-13-21/h1-18H/b17-16+,25-18?. The zero-order chi connectivity index (χ0) is 17.4. The van der Waals surface area contributed by atoms with Gasteiger partial charge in [0.2, 0.25) is 0 Å². The molecule has 25 heavy (non-hydrogen) atoms. The number of hydrogen-bond acceptors (Lipinski definition) is 2. The summed E-state index contributed by atoms with van der Waals surface area (Å²) in [5.74, 6) is 0. The Labute approximate surface area is 148 Å². The molecule has 0 saturated heterocycles. The van der Waals surface area contributed by atoms with Crippen LogP contribution in [0.2, 0.25) is 0 Å². The van der Waals surface area contributed by atoms with Crippen molar-refractivity contribution < 1.29 is 0 Å². The van der Waals surface area contributed by atoms with Gasteiger partial charge in [0, 0.05) is 6.21 Å². The monoisotopic (exact) mass is 322 g/mol. The van der Waals surface area contributed by atoms with Gasteiger partial charge in [-0.1, -0.05) is 97.1 Å². The van der Waals surface area contributed by atoms with Crippen LogP contribution in [0.3, 0.4) is 0 Å². The summed E-state index contributed by atoms with van der Waals surface area (Å²) in [6, 6.07) is 31.8. The van der Waals surface area contributed by atoms with E-state index in [0.717, 1.165) is 16.7 Å². The molecule has 0 aliphatic heterocycles. The SMILES string of the molecule is N#CC(/C=C/c1ccccc1)(N=Cc1ccccc1)c1ccccc1. The lowest BCUT2D eigenvalue weighted by Crippen LogP contribution is -2.18. The van der Waals surface area contributed by atoms with Crippen molar-refractivity contribution in [3.05, 3.63) is 114 Å². The van der Waals surface area contributed by atoms with Gasteiger partial charge < -0.3 is 0 Å². The van der Waals surface area contributed by atoms with Crippen LogP contribution in [0.1, 0.15) is 16.7 Å². The fourth-order valence-corrected chi connectivity index (χ4v) is 2.53. The predicted octanol–water partition coefficient (Wildman–Crippen LogP) is 5.24. The maximum absolute atomic E-state index is 9.97. The summed E-state index contributed by atoms with van der Waals surface area (Å²) < 4.78 is 0. The second-order valence-electron chi connectivity index (χ2n) is 5.66. The summed E-state index contributed by atoms with van der Waals surface area (Å²) in [4.78, 5) is 4.66. The van der Waals surface area contributed by atoms with Crippen molar-refractivity contribution in [1.82, 2.24) is 0 Å². The zero-order valence-corrected chi connectivity index (χ0v) is 13.8. The Morgan fingerprint density at radius 3 is 1.80 bits per heavy atom. The van der Waals surface area contributed by atoms with Crippen molar-refractivity contribution in [2.75, 3.05) is 0 Å². The fraction of sp³-hybridized carbons (Fsp3) is 0.0435. The van der Waals surface area contributed by atoms with Crippen LogP contribution in [0.5, 0.6) is 0 Å². The number of benzene rings is 3. The molecule has 0 saturated carbocycles. The van der Waals surface area contributed by atoms with Gasteiger partial charge in [0.15, 0.2) is 5.54 Å². The number of hydrogen-bond donors (Lipinski definition) is 0. The van der Waals surface area contributed by atoms with Gasteiger partial charge in [-0.2, -0.15) is 5.26 Å². The first-order chi connectivity index (χ1) is 12.3. The van der Waals surface area contributed by atoms with Crippen LogP contribution in [-0.2, 0) is 5.54 Å². The first kappa shape index (κ1) is 16.4. The molecule has 0 aromatic heterocycles. The van der Waals surface area contributed by atoms with E-state index >= 15 is 0 Å².